The number of nitrogens with zero attached hydrogens (tertiary/aromatic N) is 3. The molecule has 4 aromatic rings. The number of benzene rings is 2. The Balaban J connectivity index is 1.54. The highest BCUT2D eigenvalue weighted by atomic mass is 16.6. The van der Waals surface area contributed by atoms with E-state index in [-0.39, 0.29) is 0 Å². The van der Waals surface area contributed by atoms with Gasteiger partial charge in [0, 0.05) is 11.1 Å². The van der Waals surface area contributed by atoms with E-state index in [0.29, 0.717) is 11.4 Å². The molecule has 0 radical (unpaired) electrons. The van der Waals surface area contributed by atoms with Crippen LogP contribution in [0.3, 0.4) is 0 Å². The largest absolute Gasteiger partial charge is 0.417 e. The fraction of sp³-hybridized carbons (Fsp3) is 0.150. The predicted octanol–water partition coefficient (Wildman–Crippen LogP) is 4.31. The number of carbonyl (C=O) groups is 1. The fourth-order valence-corrected chi connectivity index (χ4v) is 2.96. The van der Waals surface area contributed by atoms with Crippen LogP contribution in [0.1, 0.15) is 19.0 Å². The second-order valence-electron chi connectivity index (χ2n) is 6.14. The lowest BCUT2D eigenvalue weighted by molar-refractivity contribution is 0.214. The SMILES string of the molecule is CCCc1c(OC(=O)Nc2ccc3cn[nH]c3c2)cnn1-c1ccccc1. The molecule has 2 heterocycles. The molecule has 1 amide bonds. The highest BCUT2D eigenvalue weighted by molar-refractivity contribution is 5.90. The summed E-state index contributed by atoms with van der Waals surface area (Å²) in [6.07, 6.45) is 4.41. The van der Waals surface area contributed by atoms with E-state index in [1.807, 2.05) is 47.1 Å². The lowest BCUT2D eigenvalue weighted by Gasteiger charge is -2.10. The number of rotatable bonds is 5. The zero-order valence-corrected chi connectivity index (χ0v) is 14.8. The van der Waals surface area contributed by atoms with Gasteiger partial charge in [-0.25, -0.2) is 9.48 Å². The number of aromatic nitrogens is 4. The van der Waals surface area contributed by atoms with Gasteiger partial charge in [-0.15, -0.1) is 0 Å². The first kappa shape index (κ1) is 16.8. The number of aromatic amines is 1. The standard InChI is InChI=1S/C20H19N5O2/c1-2-6-18-19(13-22-25(18)16-7-4-3-5-8-16)27-20(26)23-15-10-9-14-12-21-24-17(14)11-15/h3-5,7-13H,2,6H2,1H3,(H,21,24)(H,23,26). The number of hydrogen-bond donors (Lipinski definition) is 2. The second-order valence-corrected chi connectivity index (χ2v) is 6.14. The van der Waals surface area contributed by atoms with Crippen LogP contribution in [-0.4, -0.2) is 26.1 Å². The monoisotopic (exact) mass is 361 g/mol. The van der Waals surface area contributed by atoms with Gasteiger partial charge >= 0.3 is 6.09 Å². The minimum absolute atomic E-state index is 0.459. The summed E-state index contributed by atoms with van der Waals surface area (Å²) in [5.41, 5.74) is 3.27. The van der Waals surface area contributed by atoms with Gasteiger partial charge in [-0.05, 0) is 36.8 Å². The Hall–Kier alpha value is -3.61. The average molecular weight is 361 g/mol. The van der Waals surface area contributed by atoms with Crippen LogP contribution in [0, 0.1) is 0 Å². The molecule has 0 fully saturated rings. The first-order valence-corrected chi connectivity index (χ1v) is 8.79. The molecule has 0 aliphatic carbocycles. The molecule has 0 atom stereocenters. The maximum Gasteiger partial charge on any atom is 0.417 e. The summed E-state index contributed by atoms with van der Waals surface area (Å²) in [4.78, 5) is 12.4. The molecule has 7 nitrogen and oxygen atoms in total. The van der Waals surface area contributed by atoms with E-state index in [2.05, 4.69) is 27.5 Å². The van der Waals surface area contributed by atoms with Gasteiger partial charge in [0.15, 0.2) is 5.75 Å². The summed E-state index contributed by atoms with van der Waals surface area (Å²) < 4.78 is 7.35. The van der Waals surface area contributed by atoms with Crippen molar-refractivity contribution < 1.29 is 9.53 Å². The maximum absolute atomic E-state index is 12.4. The van der Waals surface area contributed by atoms with E-state index >= 15 is 0 Å². The Bertz CT molecular complexity index is 1070. The van der Waals surface area contributed by atoms with Crippen LogP contribution in [0.5, 0.6) is 5.75 Å². The molecule has 0 saturated carbocycles. The van der Waals surface area contributed by atoms with Crippen molar-refractivity contribution in [3.63, 3.8) is 0 Å². The molecule has 0 unspecified atom stereocenters. The zero-order chi connectivity index (χ0) is 18.6. The molecule has 27 heavy (non-hydrogen) atoms. The number of carbonyl (C=O) groups excluding carboxylic acids is 1. The van der Waals surface area contributed by atoms with Crippen LogP contribution in [0.15, 0.2) is 60.9 Å². The van der Waals surface area contributed by atoms with Crippen molar-refractivity contribution >= 4 is 22.7 Å². The highest BCUT2D eigenvalue weighted by Crippen LogP contribution is 2.24. The predicted molar refractivity (Wildman–Crippen MR) is 103 cm³/mol. The van der Waals surface area contributed by atoms with Crippen LogP contribution in [0.2, 0.25) is 0 Å². The van der Waals surface area contributed by atoms with Crippen LogP contribution in [0.25, 0.3) is 16.6 Å². The van der Waals surface area contributed by atoms with E-state index in [1.165, 1.54) is 0 Å². The molecule has 2 aromatic carbocycles. The van der Waals surface area contributed by atoms with Crippen LogP contribution in [0.4, 0.5) is 10.5 Å². The number of nitrogens with one attached hydrogen (secondary N) is 2. The molecule has 136 valence electrons. The van der Waals surface area contributed by atoms with Gasteiger partial charge in [0.25, 0.3) is 0 Å². The van der Waals surface area contributed by atoms with Crippen LogP contribution in [-0.2, 0) is 6.42 Å². The fourth-order valence-electron chi connectivity index (χ4n) is 2.96. The number of hydrogen-bond acceptors (Lipinski definition) is 4. The van der Waals surface area contributed by atoms with Crippen molar-refractivity contribution in [2.24, 2.45) is 0 Å². The molecule has 0 bridgehead atoms. The first-order valence-electron chi connectivity index (χ1n) is 8.79. The molecule has 2 N–H and O–H groups in total. The van der Waals surface area contributed by atoms with Gasteiger partial charge in [0.2, 0.25) is 0 Å². The lowest BCUT2D eigenvalue weighted by Crippen LogP contribution is -2.17. The topological polar surface area (TPSA) is 84.8 Å². The first-order chi connectivity index (χ1) is 13.2. The smallest absolute Gasteiger partial charge is 0.406 e. The lowest BCUT2D eigenvalue weighted by atomic mass is 10.2. The molecule has 0 saturated heterocycles. The van der Waals surface area contributed by atoms with Gasteiger partial charge < -0.3 is 4.74 Å². The molecule has 0 aliphatic rings. The molecule has 7 heteroatoms. The van der Waals surface area contributed by atoms with Gasteiger partial charge in [0.1, 0.15) is 0 Å². The van der Waals surface area contributed by atoms with E-state index in [4.69, 9.17) is 4.74 Å². The Labute approximate surface area is 156 Å². The van der Waals surface area contributed by atoms with Crippen molar-refractivity contribution in [3.05, 3.63) is 66.6 Å². The Morgan fingerprint density at radius 1 is 1.19 bits per heavy atom. The van der Waals surface area contributed by atoms with Crippen LogP contribution >= 0.6 is 0 Å². The molecule has 0 spiro atoms. The summed E-state index contributed by atoms with van der Waals surface area (Å²) in [6.45, 7) is 2.08. The van der Waals surface area contributed by atoms with E-state index in [9.17, 15) is 4.79 Å². The zero-order valence-electron chi connectivity index (χ0n) is 14.8. The maximum atomic E-state index is 12.4. The average Bonchev–Trinajstić information content (AvgIpc) is 3.30. The number of ether oxygens (including phenoxy) is 1. The number of anilines is 1. The van der Waals surface area contributed by atoms with Crippen molar-refractivity contribution in [3.8, 4) is 11.4 Å². The minimum atomic E-state index is -0.557. The van der Waals surface area contributed by atoms with Crippen LogP contribution < -0.4 is 10.1 Å². The van der Waals surface area contributed by atoms with Gasteiger partial charge in [-0.1, -0.05) is 31.5 Å². The van der Waals surface area contributed by atoms with Crippen molar-refractivity contribution in [2.75, 3.05) is 5.32 Å². The highest BCUT2D eigenvalue weighted by Gasteiger charge is 2.16. The summed E-state index contributed by atoms with van der Waals surface area (Å²) >= 11 is 0. The van der Waals surface area contributed by atoms with Gasteiger partial charge in [0.05, 0.1) is 29.3 Å². The number of para-hydroxylation sites is 1. The van der Waals surface area contributed by atoms with Gasteiger partial charge in [-0.2, -0.15) is 10.2 Å². The van der Waals surface area contributed by atoms with Gasteiger partial charge in [-0.3, -0.25) is 10.4 Å². The molecular formula is C20H19N5O2. The van der Waals surface area contributed by atoms with Crippen molar-refractivity contribution in [1.82, 2.24) is 20.0 Å². The number of amides is 1. The van der Waals surface area contributed by atoms with E-state index in [1.54, 1.807) is 18.5 Å². The third-order valence-electron chi connectivity index (χ3n) is 4.21. The Morgan fingerprint density at radius 3 is 2.85 bits per heavy atom. The molecular weight excluding hydrogens is 342 g/mol. The van der Waals surface area contributed by atoms with E-state index in [0.717, 1.165) is 35.1 Å². The Kier molecular flexibility index (Phi) is 4.57. The third-order valence-corrected chi connectivity index (χ3v) is 4.21. The minimum Gasteiger partial charge on any atom is -0.406 e. The van der Waals surface area contributed by atoms with Crippen molar-refractivity contribution in [1.29, 1.82) is 0 Å². The quantitative estimate of drug-likeness (QED) is 0.555. The summed E-state index contributed by atoms with van der Waals surface area (Å²) in [5, 5.41) is 15.0. The normalized spacial score (nSPS) is 10.9. The second kappa shape index (κ2) is 7.33. The molecule has 4 rings (SSSR count). The number of H-pyrrole nitrogens is 1. The van der Waals surface area contributed by atoms with E-state index < -0.39 is 6.09 Å². The third kappa shape index (κ3) is 3.52. The number of fused-ring (bicyclic) bond motifs is 1. The Morgan fingerprint density at radius 2 is 2.04 bits per heavy atom. The molecule has 0 aliphatic heterocycles. The van der Waals surface area contributed by atoms with Crippen molar-refractivity contribution in [2.45, 2.75) is 19.8 Å². The summed E-state index contributed by atoms with van der Waals surface area (Å²) in [6, 6.07) is 15.3. The molecule has 2 aromatic heterocycles. The summed E-state index contributed by atoms with van der Waals surface area (Å²) in [5.74, 6) is 0.459. The summed E-state index contributed by atoms with van der Waals surface area (Å²) in [7, 11) is 0.